The van der Waals surface area contributed by atoms with E-state index >= 15 is 0 Å². The van der Waals surface area contributed by atoms with E-state index in [1.54, 1.807) is 0 Å². The molecule has 0 amide bonds. The lowest BCUT2D eigenvalue weighted by Crippen LogP contribution is -1.99. The van der Waals surface area contributed by atoms with Crippen molar-refractivity contribution in [1.82, 2.24) is 0 Å². The van der Waals surface area contributed by atoms with Gasteiger partial charge in [-0.15, -0.1) is 0 Å². The fraction of sp³-hybridized carbons (Fsp3) is 0.875. The summed E-state index contributed by atoms with van der Waals surface area (Å²) in [5.74, 6) is -0.0681. The minimum atomic E-state index is -0.0681. The molecule has 0 N–H and O–H groups in total. The second kappa shape index (κ2) is 22.3. The largest absolute Gasteiger partial charge is 0.469 e. The molecule has 2 heteroatoms. The third-order valence-electron chi connectivity index (χ3n) is 5.12. The smallest absolute Gasteiger partial charge is 0.305 e. The van der Waals surface area contributed by atoms with Crippen LogP contribution < -0.4 is 0 Å². The van der Waals surface area contributed by atoms with E-state index in [0.29, 0.717) is 6.42 Å². The number of methoxy groups -OCH3 is 1. The molecule has 26 heavy (non-hydrogen) atoms. The van der Waals surface area contributed by atoms with Gasteiger partial charge in [-0.05, 0) is 32.1 Å². The van der Waals surface area contributed by atoms with Gasteiger partial charge in [-0.25, -0.2) is 0 Å². The molecule has 0 atom stereocenters. The molecule has 0 spiro atoms. The van der Waals surface area contributed by atoms with Crippen LogP contribution in [0, 0.1) is 0 Å². The number of ether oxygens (including phenoxy) is 1. The van der Waals surface area contributed by atoms with Crippen LogP contribution in [0.4, 0.5) is 0 Å². The number of allylic oxidation sites excluding steroid dienone is 2. The molecule has 0 saturated heterocycles. The molecule has 0 bridgehead atoms. The second-order valence-electron chi connectivity index (χ2n) is 7.68. The van der Waals surface area contributed by atoms with Gasteiger partial charge in [-0.2, -0.15) is 0 Å². The van der Waals surface area contributed by atoms with E-state index in [2.05, 4.69) is 23.8 Å². The Hall–Kier alpha value is -0.790. The Balaban J connectivity index is 3.09. The zero-order valence-electron chi connectivity index (χ0n) is 17.9. The zero-order valence-corrected chi connectivity index (χ0v) is 17.9. The molecule has 0 aromatic heterocycles. The Kier molecular flexibility index (Phi) is 21.6. The Morgan fingerprint density at radius 2 is 1.00 bits per heavy atom. The maximum absolute atomic E-state index is 11.0. The summed E-state index contributed by atoms with van der Waals surface area (Å²) in [5, 5.41) is 0. The monoisotopic (exact) mass is 366 g/mol. The average Bonchev–Trinajstić information content (AvgIpc) is 2.66. The van der Waals surface area contributed by atoms with Crippen molar-refractivity contribution in [1.29, 1.82) is 0 Å². The topological polar surface area (TPSA) is 26.3 Å². The van der Waals surface area contributed by atoms with Gasteiger partial charge < -0.3 is 4.74 Å². The first-order valence-corrected chi connectivity index (χ1v) is 11.5. The van der Waals surface area contributed by atoms with Crippen LogP contribution in [0.15, 0.2) is 12.2 Å². The molecule has 0 radical (unpaired) electrons. The molecule has 0 aliphatic rings. The minimum Gasteiger partial charge on any atom is -0.469 e. The molecule has 0 aliphatic carbocycles. The zero-order chi connectivity index (χ0) is 19.1. The van der Waals surface area contributed by atoms with Crippen molar-refractivity contribution < 1.29 is 9.53 Å². The molecule has 0 saturated carbocycles. The predicted octanol–water partition coefficient (Wildman–Crippen LogP) is 8.15. The van der Waals surface area contributed by atoms with Crippen LogP contribution in [0.2, 0.25) is 0 Å². The summed E-state index contributed by atoms with van der Waals surface area (Å²) in [7, 11) is 1.47. The summed E-state index contributed by atoms with van der Waals surface area (Å²) >= 11 is 0. The Morgan fingerprint density at radius 3 is 1.42 bits per heavy atom. The Morgan fingerprint density at radius 1 is 0.615 bits per heavy atom. The molecule has 0 heterocycles. The van der Waals surface area contributed by atoms with Crippen LogP contribution in [-0.4, -0.2) is 13.1 Å². The van der Waals surface area contributed by atoms with E-state index in [9.17, 15) is 4.79 Å². The van der Waals surface area contributed by atoms with Crippen molar-refractivity contribution in [3.8, 4) is 0 Å². The first kappa shape index (κ1) is 25.2. The SMILES string of the molecule is CCCCCCCCCC=CCCCCCCCCCCCC(=O)OC. The van der Waals surface area contributed by atoms with Gasteiger partial charge in [0.15, 0.2) is 0 Å². The van der Waals surface area contributed by atoms with Crippen molar-refractivity contribution in [2.45, 2.75) is 129 Å². The van der Waals surface area contributed by atoms with Crippen LogP contribution in [0.3, 0.4) is 0 Å². The van der Waals surface area contributed by atoms with Gasteiger partial charge in [0.25, 0.3) is 0 Å². The minimum absolute atomic E-state index is 0.0681. The molecule has 0 aliphatic heterocycles. The standard InChI is InChI=1S/C24H46O2/c1-3-4-5-6-7-8-9-10-11-12-13-14-15-16-17-18-19-20-21-22-23-24(25)26-2/h11-12H,3-10,13-23H2,1-2H3. The fourth-order valence-corrected chi connectivity index (χ4v) is 3.33. The van der Waals surface area contributed by atoms with E-state index in [4.69, 9.17) is 0 Å². The fourth-order valence-electron chi connectivity index (χ4n) is 3.33. The maximum atomic E-state index is 11.0. The number of hydrogen-bond acceptors (Lipinski definition) is 2. The van der Waals surface area contributed by atoms with Gasteiger partial charge in [0.05, 0.1) is 7.11 Å². The number of esters is 1. The normalized spacial score (nSPS) is 11.3. The van der Waals surface area contributed by atoms with Crippen molar-refractivity contribution >= 4 is 5.97 Å². The van der Waals surface area contributed by atoms with E-state index in [1.165, 1.54) is 116 Å². The second-order valence-corrected chi connectivity index (χ2v) is 7.68. The van der Waals surface area contributed by atoms with Crippen molar-refractivity contribution in [3.05, 3.63) is 12.2 Å². The predicted molar refractivity (Wildman–Crippen MR) is 115 cm³/mol. The summed E-state index contributed by atoms with van der Waals surface area (Å²) in [6.07, 6.45) is 29.4. The molecule has 0 aromatic rings. The Labute approximate surface area is 164 Å². The molecular weight excluding hydrogens is 320 g/mol. The summed E-state index contributed by atoms with van der Waals surface area (Å²) in [6, 6.07) is 0. The number of rotatable bonds is 20. The number of unbranched alkanes of at least 4 members (excludes halogenated alkanes) is 16. The van der Waals surface area contributed by atoms with E-state index < -0.39 is 0 Å². The summed E-state index contributed by atoms with van der Waals surface area (Å²) < 4.78 is 4.65. The molecule has 0 aromatic carbocycles. The first-order chi connectivity index (χ1) is 12.8. The molecule has 0 fully saturated rings. The molecular formula is C24H46O2. The molecule has 154 valence electrons. The van der Waals surface area contributed by atoms with Crippen LogP contribution in [0.1, 0.15) is 129 Å². The highest BCUT2D eigenvalue weighted by atomic mass is 16.5. The quantitative estimate of drug-likeness (QED) is 0.123. The summed E-state index contributed by atoms with van der Waals surface area (Å²) in [6.45, 7) is 2.28. The van der Waals surface area contributed by atoms with E-state index in [1.807, 2.05) is 0 Å². The van der Waals surface area contributed by atoms with Gasteiger partial charge in [0.2, 0.25) is 0 Å². The van der Waals surface area contributed by atoms with Gasteiger partial charge >= 0.3 is 5.97 Å². The van der Waals surface area contributed by atoms with Gasteiger partial charge in [-0.1, -0.05) is 103 Å². The van der Waals surface area contributed by atoms with Crippen LogP contribution in [-0.2, 0) is 9.53 Å². The summed E-state index contributed by atoms with van der Waals surface area (Å²) in [4.78, 5) is 11.0. The van der Waals surface area contributed by atoms with Crippen LogP contribution in [0.25, 0.3) is 0 Å². The maximum Gasteiger partial charge on any atom is 0.305 e. The Bertz CT molecular complexity index is 309. The van der Waals surface area contributed by atoms with Crippen molar-refractivity contribution in [2.75, 3.05) is 7.11 Å². The number of carbonyl (C=O) groups excluding carboxylic acids is 1. The van der Waals surface area contributed by atoms with Crippen LogP contribution >= 0.6 is 0 Å². The highest BCUT2D eigenvalue weighted by Gasteiger charge is 1.99. The van der Waals surface area contributed by atoms with E-state index in [0.717, 1.165) is 6.42 Å². The van der Waals surface area contributed by atoms with Gasteiger partial charge in [-0.3, -0.25) is 4.79 Å². The highest BCUT2D eigenvalue weighted by Crippen LogP contribution is 2.12. The average molecular weight is 367 g/mol. The third-order valence-corrected chi connectivity index (χ3v) is 5.12. The number of hydrogen-bond donors (Lipinski definition) is 0. The van der Waals surface area contributed by atoms with Crippen molar-refractivity contribution in [3.63, 3.8) is 0 Å². The van der Waals surface area contributed by atoms with Gasteiger partial charge in [0, 0.05) is 6.42 Å². The molecule has 0 rings (SSSR count). The van der Waals surface area contributed by atoms with Crippen LogP contribution in [0.5, 0.6) is 0 Å². The molecule has 2 nitrogen and oxygen atoms in total. The molecule has 0 unspecified atom stereocenters. The highest BCUT2D eigenvalue weighted by molar-refractivity contribution is 5.68. The lowest BCUT2D eigenvalue weighted by Gasteiger charge is -2.02. The first-order valence-electron chi connectivity index (χ1n) is 11.5. The lowest BCUT2D eigenvalue weighted by atomic mass is 10.1. The summed E-state index contributed by atoms with van der Waals surface area (Å²) in [5.41, 5.74) is 0. The third kappa shape index (κ3) is 21.3. The van der Waals surface area contributed by atoms with Crippen molar-refractivity contribution in [2.24, 2.45) is 0 Å². The van der Waals surface area contributed by atoms with E-state index in [-0.39, 0.29) is 5.97 Å². The lowest BCUT2D eigenvalue weighted by molar-refractivity contribution is -0.140. The van der Waals surface area contributed by atoms with Gasteiger partial charge in [0.1, 0.15) is 0 Å². The number of carbonyl (C=O) groups is 1.